The molecule has 12 heteroatoms. The first-order chi connectivity index (χ1) is 21.1. The minimum Gasteiger partial charge on any atom is -0.370 e. The zero-order valence-electron chi connectivity index (χ0n) is 24.4. The Morgan fingerprint density at radius 1 is 0.750 bits per heavy atom. The van der Waals surface area contributed by atoms with E-state index in [2.05, 4.69) is 20.9 Å². The highest BCUT2D eigenvalue weighted by molar-refractivity contribution is 7.19. The van der Waals surface area contributed by atoms with Gasteiger partial charge in [-0.1, -0.05) is 60.7 Å². The average molecular weight is 616 g/mol. The molecule has 0 aliphatic rings. The fourth-order valence-corrected chi connectivity index (χ4v) is 6.04. The lowest BCUT2D eigenvalue weighted by Crippen LogP contribution is -2.57. The molecule has 11 nitrogen and oxygen atoms in total. The monoisotopic (exact) mass is 615 g/mol. The van der Waals surface area contributed by atoms with E-state index in [-0.39, 0.29) is 37.7 Å². The molecule has 0 bridgehead atoms. The molecule has 0 radical (unpaired) electrons. The van der Waals surface area contributed by atoms with Gasteiger partial charge in [0.1, 0.15) is 18.1 Å². The Morgan fingerprint density at radius 3 is 2.09 bits per heavy atom. The van der Waals surface area contributed by atoms with E-state index in [1.165, 1.54) is 18.3 Å². The van der Waals surface area contributed by atoms with Crippen molar-refractivity contribution in [2.45, 2.75) is 50.7 Å². The largest absolute Gasteiger partial charge is 0.370 e. The summed E-state index contributed by atoms with van der Waals surface area (Å²) in [6.45, 7) is 1.56. The summed E-state index contributed by atoms with van der Waals surface area (Å²) in [6, 6.07) is 20.4. The summed E-state index contributed by atoms with van der Waals surface area (Å²) >= 11 is 1.53. The second-order valence-electron chi connectivity index (χ2n) is 10.6. The fourth-order valence-electron chi connectivity index (χ4n) is 4.93. The van der Waals surface area contributed by atoms with E-state index < -0.39 is 35.8 Å². The molecule has 4 amide bonds. The Balaban J connectivity index is 1.50. The average Bonchev–Trinajstić information content (AvgIpc) is 3.40. The number of rotatable bonds is 14. The molecule has 3 aromatic carbocycles. The van der Waals surface area contributed by atoms with Crippen molar-refractivity contribution >= 4 is 61.8 Å². The summed E-state index contributed by atoms with van der Waals surface area (Å²) < 4.78 is 1.06. The smallest absolute Gasteiger partial charge is 0.243 e. The molecule has 0 unspecified atom stereocenters. The molecule has 44 heavy (non-hydrogen) atoms. The van der Waals surface area contributed by atoms with Gasteiger partial charge in [-0.3, -0.25) is 24.2 Å². The number of nitrogens with one attached hydrogen (secondary N) is 3. The van der Waals surface area contributed by atoms with E-state index in [1.807, 2.05) is 72.8 Å². The molecular weight excluding hydrogens is 578 g/mol. The van der Waals surface area contributed by atoms with Crippen LogP contribution in [0.1, 0.15) is 30.2 Å². The predicted molar refractivity (Wildman–Crippen MR) is 174 cm³/mol. The van der Waals surface area contributed by atoms with Crippen molar-refractivity contribution in [2.24, 2.45) is 22.2 Å². The van der Waals surface area contributed by atoms with Gasteiger partial charge in [0.25, 0.3) is 0 Å². The molecule has 1 heterocycles. The van der Waals surface area contributed by atoms with Crippen LogP contribution in [0.2, 0.25) is 0 Å². The van der Waals surface area contributed by atoms with Crippen molar-refractivity contribution in [1.29, 1.82) is 0 Å². The molecule has 0 aliphatic carbocycles. The van der Waals surface area contributed by atoms with Gasteiger partial charge in [0.2, 0.25) is 23.6 Å². The number of carbonyl (C=O) groups excluding carboxylic acids is 4. The third-order valence-corrected chi connectivity index (χ3v) is 8.21. The molecule has 0 fully saturated rings. The van der Waals surface area contributed by atoms with Crippen LogP contribution < -0.4 is 33.2 Å². The van der Waals surface area contributed by atoms with Crippen LogP contribution in [0, 0.1) is 0 Å². The number of guanidine groups is 1. The van der Waals surface area contributed by atoms with E-state index in [1.54, 1.807) is 0 Å². The molecule has 1 aromatic heterocycles. The Kier molecular flexibility index (Phi) is 10.9. The summed E-state index contributed by atoms with van der Waals surface area (Å²) in [6.07, 6.45) is 0.939. The minimum atomic E-state index is -1.05. The Morgan fingerprint density at radius 2 is 1.41 bits per heavy atom. The molecule has 4 rings (SSSR count). The maximum atomic E-state index is 13.5. The summed E-state index contributed by atoms with van der Waals surface area (Å²) in [4.78, 5) is 56.4. The van der Waals surface area contributed by atoms with Crippen molar-refractivity contribution in [3.8, 4) is 0 Å². The number of nitrogens with two attached hydrogens (primary N) is 3. The van der Waals surface area contributed by atoms with E-state index in [9.17, 15) is 19.2 Å². The van der Waals surface area contributed by atoms with Crippen LogP contribution in [-0.4, -0.2) is 54.3 Å². The van der Waals surface area contributed by atoms with E-state index in [4.69, 9.17) is 17.2 Å². The third kappa shape index (κ3) is 9.01. The number of thiophene rings is 1. The van der Waals surface area contributed by atoms with Crippen molar-refractivity contribution in [3.05, 3.63) is 83.2 Å². The lowest BCUT2D eigenvalue weighted by Gasteiger charge is -2.24. The number of nitrogens with zero attached hydrogens (tertiary/aromatic N) is 1. The number of fused-ring (bicyclic) bond motifs is 2. The Labute approximate surface area is 259 Å². The Hall–Kier alpha value is -4.97. The van der Waals surface area contributed by atoms with Gasteiger partial charge in [-0.25, -0.2) is 0 Å². The van der Waals surface area contributed by atoms with Crippen molar-refractivity contribution in [1.82, 2.24) is 16.0 Å². The van der Waals surface area contributed by atoms with Gasteiger partial charge in [0.05, 0.1) is 0 Å². The summed E-state index contributed by atoms with van der Waals surface area (Å²) in [7, 11) is 0. The number of primary amides is 1. The normalized spacial score (nSPS) is 13.0. The topological polar surface area (TPSA) is 195 Å². The second-order valence-corrected chi connectivity index (χ2v) is 11.7. The number of aliphatic imine (C=N–C) groups is 1. The minimum absolute atomic E-state index is 0.0896. The third-order valence-electron chi connectivity index (χ3n) is 7.07. The molecule has 0 saturated heterocycles. The van der Waals surface area contributed by atoms with Crippen LogP contribution in [-0.2, 0) is 32.0 Å². The lowest BCUT2D eigenvalue weighted by atomic mass is 10.0. The van der Waals surface area contributed by atoms with Crippen LogP contribution in [0.5, 0.6) is 0 Å². The fraction of sp³-hybridized carbons (Fsp3) is 0.281. The van der Waals surface area contributed by atoms with Crippen molar-refractivity contribution < 1.29 is 19.2 Å². The van der Waals surface area contributed by atoms with Gasteiger partial charge in [-0.2, -0.15) is 0 Å². The quantitative estimate of drug-likeness (QED) is 0.0711. The first-order valence-electron chi connectivity index (χ1n) is 14.3. The van der Waals surface area contributed by atoms with E-state index >= 15 is 0 Å². The number of hydrogen-bond donors (Lipinski definition) is 6. The first-order valence-corrected chi connectivity index (χ1v) is 15.1. The summed E-state index contributed by atoms with van der Waals surface area (Å²) in [5, 5.41) is 11.3. The number of amides is 4. The molecule has 0 spiro atoms. The van der Waals surface area contributed by atoms with Crippen LogP contribution >= 0.6 is 11.3 Å². The molecule has 3 atom stereocenters. The first kappa shape index (κ1) is 32.0. The standard InChI is InChI=1S/C32H37N7O4S/c1-19(40)37-27(18-24-17-23-9-4-5-11-28(23)44-24)31(43)38-25(10-6-14-36-32(34)35)30(42)39-26(29(33)41)16-20-12-13-21-7-2-3-8-22(21)15-20/h2-5,7-9,11-13,15,17,25-27H,6,10,14,16,18H2,1H3,(H2,33,41)(H,37,40)(H,38,43)(H,39,42)(H4,34,35,36)/t25-,26+,27-/m0/s1. The van der Waals surface area contributed by atoms with Gasteiger partial charge >= 0.3 is 0 Å². The lowest BCUT2D eigenvalue weighted by molar-refractivity contribution is -0.133. The molecule has 4 aromatic rings. The molecule has 9 N–H and O–H groups in total. The predicted octanol–water partition coefficient (Wildman–Crippen LogP) is 1.85. The zero-order chi connectivity index (χ0) is 31.6. The number of benzene rings is 3. The summed E-state index contributed by atoms with van der Waals surface area (Å²) in [5.74, 6) is -2.31. The molecule has 230 valence electrons. The van der Waals surface area contributed by atoms with Crippen molar-refractivity contribution in [2.75, 3.05) is 6.54 Å². The van der Waals surface area contributed by atoms with Crippen LogP contribution in [0.3, 0.4) is 0 Å². The SMILES string of the molecule is CC(=O)N[C@@H](Cc1cc2ccccc2s1)C(=O)N[C@@H](CCCN=C(N)N)C(=O)N[C@H](Cc1ccc2ccccc2c1)C(N)=O. The highest BCUT2D eigenvalue weighted by Gasteiger charge is 2.29. The zero-order valence-corrected chi connectivity index (χ0v) is 25.2. The number of hydrogen-bond acceptors (Lipinski definition) is 6. The van der Waals surface area contributed by atoms with Gasteiger partial charge in [-0.15, -0.1) is 11.3 Å². The van der Waals surface area contributed by atoms with Gasteiger partial charge in [-0.05, 0) is 46.7 Å². The van der Waals surface area contributed by atoms with Crippen molar-refractivity contribution in [3.63, 3.8) is 0 Å². The molecule has 0 aliphatic heterocycles. The van der Waals surface area contributed by atoms with E-state index in [0.717, 1.165) is 31.3 Å². The highest BCUT2D eigenvalue weighted by atomic mass is 32.1. The van der Waals surface area contributed by atoms with Gasteiger partial charge in [0.15, 0.2) is 5.96 Å². The maximum absolute atomic E-state index is 13.5. The van der Waals surface area contributed by atoms with Gasteiger partial charge in [0, 0.05) is 35.9 Å². The van der Waals surface area contributed by atoms with Gasteiger partial charge < -0.3 is 33.2 Å². The highest BCUT2D eigenvalue weighted by Crippen LogP contribution is 2.26. The maximum Gasteiger partial charge on any atom is 0.243 e. The van der Waals surface area contributed by atoms with Crippen LogP contribution in [0.4, 0.5) is 0 Å². The Bertz CT molecular complexity index is 1650. The van der Waals surface area contributed by atoms with Crippen LogP contribution in [0.15, 0.2) is 77.8 Å². The number of carbonyl (C=O) groups is 4. The molecule has 0 saturated carbocycles. The van der Waals surface area contributed by atoms with Crippen LogP contribution in [0.25, 0.3) is 20.9 Å². The molecular formula is C32H37N7O4S. The second kappa shape index (κ2) is 15.0. The summed E-state index contributed by atoms with van der Waals surface area (Å²) in [5.41, 5.74) is 17.4. The van der Waals surface area contributed by atoms with E-state index in [0.29, 0.717) is 6.42 Å².